The van der Waals surface area contributed by atoms with Gasteiger partial charge in [-0.15, -0.1) is 0 Å². The molecule has 1 saturated carbocycles. The summed E-state index contributed by atoms with van der Waals surface area (Å²) in [5.41, 5.74) is 0.486. The first-order chi connectivity index (χ1) is 14.3. The number of carbonyl (C=O) groups excluding carboxylic acids is 1. The van der Waals surface area contributed by atoms with Gasteiger partial charge in [-0.05, 0) is 19.3 Å². The summed E-state index contributed by atoms with van der Waals surface area (Å²) in [6.07, 6.45) is 6.61. The maximum atomic E-state index is 13.6. The lowest BCUT2D eigenvalue weighted by molar-refractivity contribution is -0.144. The molecule has 30 heavy (non-hydrogen) atoms. The Morgan fingerprint density at radius 3 is 2.57 bits per heavy atom. The number of aromatic amines is 1. The van der Waals surface area contributed by atoms with Gasteiger partial charge in [0.2, 0.25) is 15.9 Å². The lowest BCUT2D eigenvalue weighted by Gasteiger charge is -2.37. The molecule has 1 amide bonds. The number of amides is 1. The van der Waals surface area contributed by atoms with Crippen molar-refractivity contribution in [2.75, 3.05) is 12.8 Å². The number of nitrogens with one attached hydrogen (secondary N) is 2. The summed E-state index contributed by atoms with van der Waals surface area (Å²) < 4.78 is 26.3. The Balaban J connectivity index is 1.62. The molecular formula is C21H29N5O3S. The Morgan fingerprint density at radius 1 is 1.20 bits per heavy atom. The minimum atomic E-state index is -3.37. The summed E-state index contributed by atoms with van der Waals surface area (Å²) in [4.78, 5) is 20.0. The lowest BCUT2D eigenvalue weighted by Crippen LogP contribution is -2.45. The largest absolute Gasteiger partial charge is 0.330 e. The van der Waals surface area contributed by atoms with Crippen molar-refractivity contribution in [2.45, 2.75) is 57.5 Å². The molecule has 1 aromatic heterocycles. The van der Waals surface area contributed by atoms with Crippen LogP contribution in [0.4, 0.5) is 0 Å². The van der Waals surface area contributed by atoms with Crippen molar-refractivity contribution >= 4 is 15.9 Å². The maximum Gasteiger partial charge on any atom is 0.229 e. The van der Waals surface area contributed by atoms with Gasteiger partial charge in [-0.2, -0.15) is 5.10 Å². The van der Waals surface area contributed by atoms with E-state index < -0.39 is 15.4 Å². The molecule has 1 aliphatic heterocycles. The summed E-state index contributed by atoms with van der Waals surface area (Å²) in [5, 5.41) is 7.34. The SMILES string of the molecule is CC1(C(=O)N2CC(NS(C)(=O)=O)CC2c2nc(-c3ccccc3)n[nH]2)CCCCC1. The van der Waals surface area contributed by atoms with Crippen molar-refractivity contribution in [3.8, 4) is 11.4 Å². The van der Waals surface area contributed by atoms with Crippen LogP contribution in [0.3, 0.4) is 0 Å². The number of aromatic nitrogens is 3. The minimum absolute atomic E-state index is 0.0858. The molecule has 0 bridgehead atoms. The van der Waals surface area contributed by atoms with Crippen molar-refractivity contribution in [1.29, 1.82) is 0 Å². The van der Waals surface area contributed by atoms with E-state index in [1.807, 2.05) is 42.2 Å². The van der Waals surface area contributed by atoms with E-state index >= 15 is 0 Å². The zero-order valence-electron chi connectivity index (χ0n) is 17.5. The number of nitrogens with zero attached hydrogens (tertiary/aromatic N) is 3. The van der Waals surface area contributed by atoms with Crippen molar-refractivity contribution in [3.05, 3.63) is 36.2 Å². The molecule has 162 valence electrons. The van der Waals surface area contributed by atoms with E-state index in [0.717, 1.165) is 43.9 Å². The third-order valence-electron chi connectivity index (χ3n) is 6.27. The average Bonchev–Trinajstić information content (AvgIpc) is 3.34. The minimum Gasteiger partial charge on any atom is -0.330 e. The van der Waals surface area contributed by atoms with Crippen molar-refractivity contribution in [2.24, 2.45) is 5.41 Å². The van der Waals surface area contributed by atoms with Gasteiger partial charge >= 0.3 is 0 Å². The van der Waals surface area contributed by atoms with E-state index in [1.165, 1.54) is 0 Å². The van der Waals surface area contributed by atoms with E-state index in [2.05, 4.69) is 19.9 Å². The van der Waals surface area contributed by atoms with Gasteiger partial charge in [-0.25, -0.2) is 18.1 Å². The molecule has 2 fully saturated rings. The second-order valence-electron chi connectivity index (χ2n) is 8.83. The van der Waals surface area contributed by atoms with Crippen LogP contribution in [0.15, 0.2) is 30.3 Å². The Labute approximate surface area is 177 Å². The first-order valence-corrected chi connectivity index (χ1v) is 12.4. The van der Waals surface area contributed by atoms with E-state index in [9.17, 15) is 13.2 Å². The van der Waals surface area contributed by atoms with Crippen LogP contribution in [0.2, 0.25) is 0 Å². The van der Waals surface area contributed by atoms with Crippen LogP contribution in [0, 0.1) is 5.41 Å². The summed E-state index contributed by atoms with van der Waals surface area (Å²) in [7, 11) is -3.37. The molecule has 2 heterocycles. The first kappa shape index (κ1) is 21.0. The Kier molecular flexibility index (Phi) is 5.67. The predicted octanol–water partition coefficient (Wildman–Crippen LogP) is 2.63. The first-order valence-electron chi connectivity index (χ1n) is 10.5. The fraction of sp³-hybridized carbons (Fsp3) is 0.571. The highest BCUT2D eigenvalue weighted by molar-refractivity contribution is 7.88. The number of H-pyrrole nitrogens is 1. The second kappa shape index (κ2) is 8.11. The molecule has 4 rings (SSSR count). The maximum absolute atomic E-state index is 13.6. The van der Waals surface area contributed by atoms with E-state index in [0.29, 0.717) is 24.6 Å². The zero-order chi connectivity index (χ0) is 21.4. The van der Waals surface area contributed by atoms with Gasteiger partial charge in [0.1, 0.15) is 5.82 Å². The molecule has 0 radical (unpaired) electrons. The number of sulfonamides is 1. The van der Waals surface area contributed by atoms with Crippen molar-refractivity contribution in [3.63, 3.8) is 0 Å². The summed E-state index contributed by atoms with van der Waals surface area (Å²) in [6, 6.07) is 8.97. The Bertz CT molecular complexity index is 999. The Morgan fingerprint density at radius 2 is 1.90 bits per heavy atom. The smallest absolute Gasteiger partial charge is 0.229 e. The van der Waals surface area contributed by atoms with Crippen LogP contribution in [0.1, 0.15) is 57.3 Å². The van der Waals surface area contributed by atoms with Crippen molar-refractivity contribution in [1.82, 2.24) is 24.8 Å². The third-order valence-corrected chi connectivity index (χ3v) is 7.03. The van der Waals surface area contributed by atoms with E-state index in [4.69, 9.17) is 0 Å². The molecule has 1 aliphatic carbocycles. The van der Waals surface area contributed by atoms with Crippen LogP contribution >= 0.6 is 0 Å². The molecule has 9 heteroatoms. The van der Waals surface area contributed by atoms with Gasteiger partial charge < -0.3 is 4.90 Å². The number of hydrogen-bond acceptors (Lipinski definition) is 5. The van der Waals surface area contributed by atoms with E-state index in [1.54, 1.807) is 0 Å². The van der Waals surface area contributed by atoms with Crippen LogP contribution in [0.5, 0.6) is 0 Å². The zero-order valence-corrected chi connectivity index (χ0v) is 18.3. The molecule has 2 atom stereocenters. The number of benzene rings is 1. The fourth-order valence-corrected chi connectivity index (χ4v) is 5.52. The van der Waals surface area contributed by atoms with Crippen LogP contribution in [0.25, 0.3) is 11.4 Å². The van der Waals surface area contributed by atoms with Gasteiger partial charge in [0.15, 0.2) is 5.82 Å². The lowest BCUT2D eigenvalue weighted by atomic mass is 9.74. The summed E-state index contributed by atoms with van der Waals surface area (Å²) >= 11 is 0. The second-order valence-corrected chi connectivity index (χ2v) is 10.6. The summed E-state index contributed by atoms with van der Waals surface area (Å²) in [5.74, 6) is 1.25. The van der Waals surface area contributed by atoms with Crippen molar-refractivity contribution < 1.29 is 13.2 Å². The highest BCUT2D eigenvalue weighted by atomic mass is 32.2. The van der Waals surface area contributed by atoms with Gasteiger partial charge in [-0.1, -0.05) is 56.5 Å². The normalized spacial score (nSPS) is 24.1. The Hall–Kier alpha value is -2.26. The molecule has 0 spiro atoms. The molecule has 2 aliphatic rings. The van der Waals surface area contributed by atoms with Gasteiger partial charge in [0, 0.05) is 23.6 Å². The molecule has 2 aromatic rings. The average molecular weight is 432 g/mol. The van der Waals surface area contributed by atoms with E-state index in [-0.39, 0.29) is 18.0 Å². The summed E-state index contributed by atoms with van der Waals surface area (Å²) in [6.45, 7) is 2.38. The molecule has 2 unspecified atom stereocenters. The number of rotatable bonds is 5. The monoisotopic (exact) mass is 431 g/mol. The van der Waals surface area contributed by atoms with Crippen LogP contribution < -0.4 is 4.72 Å². The molecule has 1 aromatic carbocycles. The molecule has 8 nitrogen and oxygen atoms in total. The van der Waals surface area contributed by atoms with Gasteiger partial charge in [0.25, 0.3) is 0 Å². The molecule has 1 saturated heterocycles. The number of likely N-dealkylation sites (tertiary alicyclic amines) is 1. The number of hydrogen-bond donors (Lipinski definition) is 2. The standard InChI is InChI=1S/C21H29N5O3S/c1-21(11-7-4-8-12-21)20(27)26-14-16(25-30(2,28)29)13-17(26)19-22-18(23-24-19)15-9-5-3-6-10-15/h3,5-6,9-10,16-17,25H,4,7-8,11-14H2,1-2H3,(H,22,23,24). The van der Waals surface area contributed by atoms with Crippen LogP contribution in [-0.4, -0.2) is 53.2 Å². The quantitative estimate of drug-likeness (QED) is 0.757. The highest BCUT2D eigenvalue weighted by Crippen LogP contribution is 2.41. The van der Waals surface area contributed by atoms with Gasteiger partial charge in [-0.3, -0.25) is 9.89 Å². The number of carbonyl (C=O) groups is 1. The molecular weight excluding hydrogens is 402 g/mol. The fourth-order valence-electron chi connectivity index (χ4n) is 4.74. The third kappa shape index (κ3) is 4.41. The van der Waals surface area contributed by atoms with Crippen LogP contribution in [-0.2, 0) is 14.8 Å². The topological polar surface area (TPSA) is 108 Å². The predicted molar refractivity (Wildman–Crippen MR) is 114 cm³/mol. The van der Waals surface area contributed by atoms with Gasteiger partial charge in [0.05, 0.1) is 12.3 Å². The highest BCUT2D eigenvalue weighted by Gasteiger charge is 2.45. The molecule has 2 N–H and O–H groups in total.